The molecule has 0 saturated carbocycles. The summed E-state index contributed by atoms with van der Waals surface area (Å²) in [4.78, 5) is 0. The Labute approximate surface area is 84.8 Å². The topological polar surface area (TPSA) is 18.5 Å². The van der Waals surface area contributed by atoms with E-state index in [1.165, 1.54) is 6.42 Å². The SMILES string of the molecule is CCCCOc1ccc2c(c1)[CH]CO2. The number of hydrogen-bond donors (Lipinski definition) is 0. The van der Waals surface area contributed by atoms with Gasteiger partial charge in [-0.25, -0.2) is 0 Å². The van der Waals surface area contributed by atoms with E-state index in [0.29, 0.717) is 6.61 Å². The van der Waals surface area contributed by atoms with Crippen molar-refractivity contribution in [1.82, 2.24) is 0 Å². The van der Waals surface area contributed by atoms with Gasteiger partial charge in [-0.2, -0.15) is 0 Å². The molecule has 1 aliphatic heterocycles. The zero-order chi connectivity index (χ0) is 9.80. The zero-order valence-corrected chi connectivity index (χ0v) is 8.45. The number of fused-ring (bicyclic) bond motifs is 1. The average molecular weight is 191 g/mol. The van der Waals surface area contributed by atoms with Gasteiger partial charge in [0, 0.05) is 12.0 Å². The van der Waals surface area contributed by atoms with Crippen molar-refractivity contribution in [2.75, 3.05) is 13.2 Å². The van der Waals surface area contributed by atoms with Gasteiger partial charge in [0.25, 0.3) is 0 Å². The van der Waals surface area contributed by atoms with E-state index in [-0.39, 0.29) is 0 Å². The van der Waals surface area contributed by atoms with E-state index in [1.807, 2.05) is 18.2 Å². The third-order valence-electron chi connectivity index (χ3n) is 2.29. The maximum Gasteiger partial charge on any atom is 0.123 e. The van der Waals surface area contributed by atoms with Gasteiger partial charge >= 0.3 is 0 Å². The lowest BCUT2D eigenvalue weighted by atomic mass is 10.1. The summed E-state index contributed by atoms with van der Waals surface area (Å²) in [5, 5.41) is 0. The van der Waals surface area contributed by atoms with Gasteiger partial charge in [-0.05, 0) is 24.6 Å². The summed E-state index contributed by atoms with van der Waals surface area (Å²) >= 11 is 0. The first-order chi connectivity index (χ1) is 6.90. The van der Waals surface area contributed by atoms with E-state index >= 15 is 0 Å². The highest BCUT2D eigenvalue weighted by atomic mass is 16.5. The molecular formula is C12H15O2. The summed E-state index contributed by atoms with van der Waals surface area (Å²) in [6.45, 7) is 3.65. The summed E-state index contributed by atoms with van der Waals surface area (Å²) in [5.41, 5.74) is 1.15. The number of rotatable bonds is 4. The second kappa shape index (κ2) is 4.36. The summed E-state index contributed by atoms with van der Waals surface area (Å²) in [5.74, 6) is 1.91. The number of unbranched alkanes of at least 4 members (excludes halogenated alkanes) is 1. The molecule has 0 amide bonds. The molecule has 1 radical (unpaired) electrons. The molecule has 1 aromatic rings. The van der Waals surface area contributed by atoms with Gasteiger partial charge in [0.2, 0.25) is 0 Å². The zero-order valence-electron chi connectivity index (χ0n) is 8.45. The third kappa shape index (κ3) is 2.00. The fraction of sp³-hybridized carbons (Fsp3) is 0.417. The van der Waals surface area contributed by atoms with Gasteiger partial charge in [0.05, 0.1) is 13.2 Å². The Morgan fingerprint density at radius 2 is 2.36 bits per heavy atom. The molecule has 0 unspecified atom stereocenters. The molecular weight excluding hydrogens is 176 g/mol. The van der Waals surface area contributed by atoms with Gasteiger partial charge in [0.15, 0.2) is 0 Å². The molecule has 2 nitrogen and oxygen atoms in total. The van der Waals surface area contributed by atoms with Gasteiger partial charge in [0.1, 0.15) is 11.5 Å². The van der Waals surface area contributed by atoms with Crippen LogP contribution in [0.25, 0.3) is 0 Å². The Morgan fingerprint density at radius 1 is 1.43 bits per heavy atom. The van der Waals surface area contributed by atoms with Crippen LogP contribution in [0.4, 0.5) is 0 Å². The van der Waals surface area contributed by atoms with Crippen molar-refractivity contribution in [1.29, 1.82) is 0 Å². The second-order valence-corrected chi connectivity index (χ2v) is 3.42. The second-order valence-electron chi connectivity index (χ2n) is 3.42. The fourth-order valence-electron chi connectivity index (χ4n) is 1.46. The Morgan fingerprint density at radius 3 is 3.21 bits per heavy atom. The molecule has 0 N–H and O–H groups in total. The minimum absolute atomic E-state index is 0.688. The molecule has 2 rings (SSSR count). The molecule has 0 aromatic heterocycles. The normalized spacial score (nSPS) is 13.5. The van der Waals surface area contributed by atoms with Crippen LogP contribution >= 0.6 is 0 Å². The fourth-order valence-corrected chi connectivity index (χ4v) is 1.46. The summed E-state index contributed by atoms with van der Waals surface area (Å²) in [6.07, 6.45) is 4.35. The van der Waals surface area contributed by atoms with E-state index in [4.69, 9.17) is 9.47 Å². The van der Waals surface area contributed by atoms with Crippen LogP contribution in [0.15, 0.2) is 18.2 Å². The molecule has 0 fully saturated rings. The van der Waals surface area contributed by atoms with Crippen LogP contribution in [-0.2, 0) is 0 Å². The first-order valence-electron chi connectivity index (χ1n) is 5.13. The highest BCUT2D eigenvalue weighted by Gasteiger charge is 2.12. The van der Waals surface area contributed by atoms with Gasteiger partial charge in [-0.3, -0.25) is 0 Å². The number of hydrogen-bond acceptors (Lipinski definition) is 2. The van der Waals surface area contributed by atoms with Crippen molar-refractivity contribution in [3.05, 3.63) is 30.2 Å². The lowest BCUT2D eigenvalue weighted by Crippen LogP contribution is -1.96. The summed E-state index contributed by atoms with van der Waals surface area (Å²) < 4.78 is 11.0. The highest BCUT2D eigenvalue weighted by molar-refractivity contribution is 5.47. The molecule has 0 saturated heterocycles. The molecule has 0 spiro atoms. The molecule has 14 heavy (non-hydrogen) atoms. The predicted molar refractivity (Wildman–Crippen MR) is 55.7 cm³/mol. The molecule has 0 atom stereocenters. The van der Waals surface area contributed by atoms with Crippen LogP contribution < -0.4 is 9.47 Å². The Bertz CT molecular complexity index is 307. The number of ether oxygens (including phenoxy) is 2. The maximum absolute atomic E-state index is 5.60. The van der Waals surface area contributed by atoms with Crippen molar-refractivity contribution in [2.24, 2.45) is 0 Å². The molecule has 75 valence electrons. The summed E-state index contributed by atoms with van der Waals surface area (Å²) in [6, 6.07) is 5.98. The minimum Gasteiger partial charge on any atom is -0.494 e. The van der Waals surface area contributed by atoms with Crippen molar-refractivity contribution >= 4 is 0 Å². The van der Waals surface area contributed by atoms with Crippen molar-refractivity contribution in [3.8, 4) is 11.5 Å². The smallest absolute Gasteiger partial charge is 0.123 e. The van der Waals surface area contributed by atoms with E-state index in [9.17, 15) is 0 Å². The van der Waals surface area contributed by atoms with E-state index in [0.717, 1.165) is 30.1 Å². The largest absolute Gasteiger partial charge is 0.494 e. The third-order valence-corrected chi connectivity index (χ3v) is 2.29. The Balaban J connectivity index is 1.98. The molecule has 1 heterocycles. The van der Waals surface area contributed by atoms with Gasteiger partial charge < -0.3 is 9.47 Å². The monoisotopic (exact) mass is 191 g/mol. The summed E-state index contributed by atoms with van der Waals surface area (Å²) in [7, 11) is 0. The molecule has 1 aliphatic rings. The number of benzene rings is 1. The lowest BCUT2D eigenvalue weighted by molar-refractivity contribution is 0.309. The molecule has 0 aliphatic carbocycles. The van der Waals surface area contributed by atoms with Crippen LogP contribution in [0, 0.1) is 6.42 Å². The van der Waals surface area contributed by atoms with Crippen LogP contribution in [0.3, 0.4) is 0 Å². The minimum atomic E-state index is 0.688. The average Bonchev–Trinajstić information content (AvgIpc) is 2.65. The lowest BCUT2D eigenvalue weighted by Gasteiger charge is -2.06. The first-order valence-corrected chi connectivity index (χ1v) is 5.13. The highest BCUT2D eigenvalue weighted by Crippen LogP contribution is 2.29. The van der Waals surface area contributed by atoms with Crippen LogP contribution in [0.5, 0.6) is 11.5 Å². The quantitative estimate of drug-likeness (QED) is 0.681. The standard InChI is InChI=1S/C12H15O2/c1-2-3-7-13-11-4-5-12-10(9-11)6-8-14-12/h4-6,9H,2-3,7-8H2,1H3. The van der Waals surface area contributed by atoms with E-state index in [1.54, 1.807) is 0 Å². The van der Waals surface area contributed by atoms with Crippen LogP contribution in [0.1, 0.15) is 25.3 Å². The maximum atomic E-state index is 5.60. The van der Waals surface area contributed by atoms with Crippen LogP contribution in [0.2, 0.25) is 0 Å². The Hall–Kier alpha value is -1.18. The van der Waals surface area contributed by atoms with Crippen molar-refractivity contribution < 1.29 is 9.47 Å². The van der Waals surface area contributed by atoms with E-state index in [2.05, 4.69) is 13.3 Å². The van der Waals surface area contributed by atoms with Gasteiger partial charge in [-0.1, -0.05) is 13.3 Å². The molecule has 2 heteroatoms. The van der Waals surface area contributed by atoms with E-state index < -0.39 is 0 Å². The Kier molecular flexibility index (Phi) is 2.92. The molecule has 1 aromatic carbocycles. The predicted octanol–water partition coefficient (Wildman–Crippen LogP) is 2.81. The first kappa shape index (κ1) is 9.38. The van der Waals surface area contributed by atoms with Crippen LogP contribution in [-0.4, -0.2) is 13.2 Å². The van der Waals surface area contributed by atoms with Crippen molar-refractivity contribution in [2.45, 2.75) is 19.8 Å². The molecule has 0 bridgehead atoms. The van der Waals surface area contributed by atoms with Crippen molar-refractivity contribution in [3.63, 3.8) is 0 Å². The van der Waals surface area contributed by atoms with Gasteiger partial charge in [-0.15, -0.1) is 0 Å².